The third-order valence-electron chi connectivity index (χ3n) is 9.62. The average molecular weight is 562 g/mol. The van der Waals surface area contributed by atoms with Crippen LogP contribution in [0.1, 0.15) is 50.6 Å². The summed E-state index contributed by atoms with van der Waals surface area (Å²) < 4.78 is 12.9. The molecule has 7 rings (SSSR count). The number of nitrogens with one attached hydrogen (secondary N) is 1. The molecule has 2 aromatic heterocycles. The van der Waals surface area contributed by atoms with E-state index in [4.69, 9.17) is 19.6 Å². The predicted octanol–water partition coefficient (Wildman–Crippen LogP) is 2.75. The summed E-state index contributed by atoms with van der Waals surface area (Å²) in [6.45, 7) is 9.78. The molecule has 218 valence electrons. The van der Waals surface area contributed by atoms with E-state index in [-0.39, 0.29) is 31.1 Å². The Balaban J connectivity index is 1.27. The molecule has 1 aliphatic carbocycles. The van der Waals surface area contributed by atoms with Crippen molar-refractivity contribution in [3.63, 3.8) is 0 Å². The highest BCUT2D eigenvalue weighted by molar-refractivity contribution is 5.84. The quantitative estimate of drug-likeness (QED) is 0.403. The normalized spacial score (nSPS) is 29.0. The lowest BCUT2D eigenvalue weighted by atomic mass is 9.53. The third kappa shape index (κ3) is 4.22. The molecule has 1 amide bonds. The second-order valence-corrected chi connectivity index (χ2v) is 13.1. The number of carbonyl (C=O) groups is 2. The number of hydrogen-bond donors (Lipinski definition) is 2. The number of amides is 1. The highest BCUT2D eigenvalue weighted by Gasteiger charge is 2.75. The molecule has 1 saturated carbocycles. The largest absolute Gasteiger partial charge is 0.469 e. The molecule has 4 atom stereocenters. The van der Waals surface area contributed by atoms with E-state index in [1.807, 2.05) is 13.1 Å². The van der Waals surface area contributed by atoms with E-state index in [9.17, 15) is 14.7 Å². The Morgan fingerprint density at radius 2 is 2.02 bits per heavy atom. The molecule has 3 unspecified atom stereocenters. The van der Waals surface area contributed by atoms with Crippen LogP contribution in [0.3, 0.4) is 0 Å². The van der Waals surface area contributed by atoms with Crippen LogP contribution in [-0.2, 0) is 30.1 Å². The fourth-order valence-electron chi connectivity index (χ4n) is 7.09. The van der Waals surface area contributed by atoms with Crippen LogP contribution in [0, 0.1) is 23.7 Å². The van der Waals surface area contributed by atoms with Gasteiger partial charge in [-0.15, -0.1) is 5.10 Å². The monoisotopic (exact) mass is 561 g/mol. The van der Waals surface area contributed by atoms with Gasteiger partial charge in [0.15, 0.2) is 11.5 Å². The Bertz CT molecular complexity index is 1510. The van der Waals surface area contributed by atoms with Crippen LogP contribution < -0.4 is 10.2 Å². The van der Waals surface area contributed by atoms with Crippen LogP contribution in [-0.4, -0.2) is 71.5 Å². The number of aromatic nitrogens is 3. The molecule has 41 heavy (non-hydrogen) atoms. The zero-order valence-electron chi connectivity index (χ0n) is 24.4. The summed E-state index contributed by atoms with van der Waals surface area (Å²) in [5, 5.41) is 18.0. The lowest BCUT2D eigenvalue weighted by Gasteiger charge is -2.49. The number of methoxy groups -OCH3 is 1. The second kappa shape index (κ2) is 9.52. The van der Waals surface area contributed by atoms with Crippen molar-refractivity contribution in [1.82, 2.24) is 19.9 Å². The minimum Gasteiger partial charge on any atom is -0.469 e. The summed E-state index contributed by atoms with van der Waals surface area (Å²) in [4.78, 5) is 33.0. The summed E-state index contributed by atoms with van der Waals surface area (Å²) in [5.74, 6) is -0.918. The van der Waals surface area contributed by atoms with Gasteiger partial charge in [-0.25, -0.2) is 9.50 Å². The zero-order chi connectivity index (χ0) is 29.2. The van der Waals surface area contributed by atoms with E-state index in [0.29, 0.717) is 17.9 Å². The Morgan fingerprint density at radius 1 is 1.27 bits per heavy atom. The molecule has 1 aromatic carbocycles. The maximum absolute atomic E-state index is 13.6. The number of nitrogens with zero attached hydrogens (tertiary/aromatic N) is 4. The summed E-state index contributed by atoms with van der Waals surface area (Å²) in [5.41, 5.74) is 1.57. The Labute approximate surface area is 240 Å². The van der Waals surface area contributed by atoms with Crippen LogP contribution in [0.5, 0.6) is 0 Å². The number of aryl methyl sites for hydroxylation is 1. The number of hydrogen-bond acceptors (Lipinski definition) is 8. The first-order valence-corrected chi connectivity index (χ1v) is 14.3. The number of aliphatic hydroxyl groups excluding tert-OH is 1. The van der Waals surface area contributed by atoms with E-state index in [2.05, 4.69) is 53.5 Å². The number of anilines is 1. The number of esters is 1. The van der Waals surface area contributed by atoms with Gasteiger partial charge in [-0.2, -0.15) is 0 Å². The van der Waals surface area contributed by atoms with Gasteiger partial charge in [0.2, 0.25) is 5.91 Å². The Hall–Kier alpha value is -3.50. The van der Waals surface area contributed by atoms with Crippen molar-refractivity contribution in [2.24, 2.45) is 16.7 Å². The summed E-state index contributed by atoms with van der Waals surface area (Å²) in [7, 11) is 1.33. The highest BCUT2D eigenvalue weighted by Crippen LogP contribution is 2.66. The van der Waals surface area contributed by atoms with Crippen molar-refractivity contribution in [2.75, 3.05) is 44.9 Å². The van der Waals surface area contributed by atoms with Crippen molar-refractivity contribution < 1.29 is 24.2 Å². The van der Waals surface area contributed by atoms with E-state index in [1.54, 1.807) is 18.4 Å². The number of carbonyl (C=O) groups excluding carboxylic acids is 2. The van der Waals surface area contributed by atoms with Gasteiger partial charge in [0, 0.05) is 30.5 Å². The molecular weight excluding hydrogens is 522 g/mol. The zero-order valence-corrected chi connectivity index (χ0v) is 24.4. The topological polar surface area (TPSA) is 118 Å². The van der Waals surface area contributed by atoms with Gasteiger partial charge < -0.3 is 24.8 Å². The molecule has 5 heterocycles. The summed E-state index contributed by atoms with van der Waals surface area (Å²) >= 11 is 0. The molecule has 4 fully saturated rings. The van der Waals surface area contributed by atoms with Crippen LogP contribution in [0.15, 0.2) is 42.6 Å². The fourth-order valence-corrected chi connectivity index (χ4v) is 7.09. The van der Waals surface area contributed by atoms with Crippen LogP contribution >= 0.6 is 0 Å². The molecule has 0 radical (unpaired) electrons. The Morgan fingerprint density at radius 3 is 2.73 bits per heavy atom. The predicted molar refractivity (Wildman–Crippen MR) is 152 cm³/mol. The van der Waals surface area contributed by atoms with Crippen molar-refractivity contribution in [3.8, 4) is 0 Å². The number of rotatable bonds is 8. The molecule has 0 spiro atoms. The summed E-state index contributed by atoms with van der Waals surface area (Å²) in [6.07, 6.45) is 3.52. The van der Waals surface area contributed by atoms with Gasteiger partial charge in [-0.05, 0) is 50.8 Å². The molecular formula is C31H39N5O5. The minimum atomic E-state index is -1.03. The molecule has 10 nitrogen and oxygen atoms in total. The van der Waals surface area contributed by atoms with Gasteiger partial charge in [0.25, 0.3) is 0 Å². The van der Waals surface area contributed by atoms with Crippen molar-refractivity contribution in [2.45, 2.75) is 51.6 Å². The van der Waals surface area contributed by atoms with Gasteiger partial charge in [-0.3, -0.25) is 9.59 Å². The number of ether oxygens (including phenoxy) is 2. The lowest BCUT2D eigenvalue weighted by molar-refractivity contribution is -0.158. The molecule has 10 heteroatoms. The maximum atomic E-state index is 13.6. The van der Waals surface area contributed by atoms with E-state index >= 15 is 0 Å². The van der Waals surface area contributed by atoms with Gasteiger partial charge in [0.05, 0.1) is 43.5 Å². The van der Waals surface area contributed by atoms with E-state index < -0.39 is 28.3 Å². The molecule has 2 bridgehead atoms. The molecule has 3 aromatic rings. The highest BCUT2D eigenvalue weighted by atomic mass is 16.5. The van der Waals surface area contributed by atoms with Crippen LogP contribution in [0.25, 0.3) is 5.65 Å². The minimum absolute atomic E-state index is 0.0663. The first-order chi connectivity index (χ1) is 19.5. The van der Waals surface area contributed by atoms with Crippen LogP contribution in [0.4, 0.5) is 5.69 Å². The smallest absolute Gasteiger partial charge is 0.313 e. The van der Waals surface area contributed by atoms with E-state index in [0.717, 1.165) is 30.8 Å². The van der Waals surface area contributed by atoms with Crippen LogP contribution in [0.2, 0.25) is 0 Å². The first kappa shape index (κ1) is 27.7. The number of pyridine rings is 1. The standard InChI is InChI=1S/C31H39N5O5/c1-20-13-22(35-12-11-29(4,17-35)21-9-7-6-8-10-21)14-36-24(20)33-26(34-36)31-15-30(18-37,19-41-31)23(31)25(38)32-16-28(2,3)27(39)40-5/h6-10,13-14,23,37H,11-12,15-19H2,1-5H3,(H,32,38)/t23?,29-,30?,31?/m0/s1. The third-order valence-corrected chi connectivity index (χ3v) is 9.62. The van der Waals surface area contributed by atoms with Gasteiger partial charge in [0.1, 0.15) is 5.60 Å². The number of fused-ring (bicyclic) bond motifs is 2. The molecule has 2 N–H and O–H groups in total. The van der Waals surface area contributed by atoms with Crippen molar-refractivity contribution >= 4 is 23.2 Å². The SMILES string of the molecule is COC(=O)C(C)(C)CNC(=O)C1C2(CO)COC1(c1nc3c(C)cc(N4CC[C@](C)(c5ccccc5)C4)cn3n1)C2. The maximum Gasteiger partial charge on any atom is 0.313 e. The van der Waals surface area contributed by atoms with Crippen molar-refractivity contribution in [1.29, 1.82) is 0 Å². The fraction of sp³-hybridized carbons (Fsp3) is 0.548. The first-order valence-electron chi connectivity index (χ1n) is 14.3. The van der Waals surface area contributed by atoms with E-state index in [1.165, 1.54) is 12.7 Å². The van der Waals surface area contributed by atoms with Gasteiger partial charge >= 0.3 is 5.97 Å². The number of aliphatic hydroxyl groups is 1. The summed E-state index contributed by atoms with van der Waals surface area (Å²) in [6, 6.07) is 12.8. The number of benzene rings is 1. The van der Waals surface area contributed by atoms with Gasteiger partial charge in [-0.1, -0.05) is 37.3 Å². The second-order valence-electron chi connectivity index (χ2n) is 13.1. The average Bonchev–Trinajstić information content (AvgIpc) is 3.73. The molecule has 3 saturated heterocycles. The molecule has 3 aliphatic heterocycles. The Kier molecular flexibility index (Phi) is 6.42. The lowest BCUT2D eigenvalue weighted by Crippen LogP contribution is -2.61. The molecule has 4 aliphatic rings. The van der Waals surface area contributed by atoms with Crippen molar-refractivity contribution in [3.05, 3.63) is 59.5 Å².